The molecule has 1 aromatic carbocycles. The molecule has 2 amide bonds. The molecule has 1 aromatic rings. The van der Waals surface area contributed by atoms with E-state index in [9.17, 15) is 14.0 Å². The highest BCUT2D eigenvalue weighted by molar-refractivity contribution is 9.10. The largest absolute Gasteiger partial charge is 0.480 e. The van der Waals surface area contributed by atoms with Crippen LogP contribution < -0.4 is 5.32 Å². The molecular weight excluding hydrogens is 319 g/mol. The maximum atomic E-state index is 13.6. The fourth-order valence-corrected chi connectivity index (χ4v) is 1.87. The van der Waals surface area contributed by atoms with Crippen molar-refractivity contribution >= 4 is 33.6 Å². The predicted octanol–water partition coefficient (Wildman–Crippen LogP) is 2.92. The van der Waals surface area contributed by atoms with Crippen molar-refractivity contribution in [3.8, 4) is 0 Å². The van der Waals surface area contributed by atoms with E-state index in [-0.39, 0.29) is 11.7 Å². The van der Waals surface area contributed by atoms with Crippen LogP contribution in [0, 0.1) is 5.82 Å². The molecule has 0 saturated carbocycles. The lowest BCUT2D eigenvalue weighted by Gasteiger charge is -2.25. The van der Waals surface area contributed by atoms with E-state index in [4.69, 9.17) is 5.11 Å². The molecular formula is C12H14BrFN2O3. The Kier molecular flexibility index (Phi) is 5.29. The Balaban J connectivity index is 2.90. The Morgan fingerprint density at radius 1 is 1.47 bits per heavy atom. The number of amides is 2. The molecule has 0 heterocycles. The number of rotatable bonds is 4. The van der Waals surface area contributed by atoms with Gasteiger partial charge >= 0.3 is 12.0 Å². The molecule has 19 heavy (non-hydrogen) atoms. The van der Waals surface area contributed by atoms with Crippen molar-refractivity contribution in [1.82, 2.24) is 4.90 Å². The molecule has 0 spiro atoms. The predicted molar refractivity (Wildman–Crippen MR) is 72.6 cm³/mol. The zero-order valence-corrected chi connectivity index (χ0v) is 12.1. The summed E-state index contributed by atoms with van der Waals surface area (Å²) >= 11 is 3.12. The van der Waals surface area contributed by atoms with Crippen LogP contribution in [-0.4, -0.2) is 34.6 Å². The third kappa shape index (κ3) is 4.20. The minimum Gasteiger partial charge on any atom is -0.480 e. The number of nitrogens with one attached hydrogen (secondary N) is 1. The Hall–Kier alpha value is -1.63. The smallest absolute Gasteiger partial charge is 0.323 e. The Morgan fingerprint density at radius 2 is 2.11 bits per heavy atom. The van der Waals surface area contributed by atoms with E-state index < -0.39 is 24.4 Å². The molecule has 1 rings (SSSR count). The molecule has 0 fully saturated rings. The summed E-state index contributed by atoms with van der Waals surface area (Å²) in [6.07, 6.45) is 0. The van der Waals surface area contributed by atoms with Gasteiger partial charge in [-0.2, -0.15) is 0 Å². The van der Waals surface area contributed by atoms with E-state index in [1.165, 1.54) is 12.1 Å². The number of halogens is 2. The second kappa shape index (κ2) is 6.51. The van der Waals surface area contributed by atoms with Crippen LogP contribution in [0.5, 0.6) is 0 Å². The van der Waals surface area contributed by atoms with Crippen molar-refractivity contribution in [3.63, 3.8) is 0 Å². The zero-order chi connectivity index (χ0) is 14.6. The lowest BCUT2D eigenvalue weighted by atomic mass is 10.3. The van der Waals surface area contributed by atoms with Gasteiger partial charge in [0.1, 0.15) is 12.4 Å². The van der Waals surface area contributed by atoms with Gasteiger partial charge in [-0.05, 0) is 41.9 Å². The molecule has 0 aromatic heterocycles. The second-order valence-corrected chi connectivity index (χ2v) is 5.00. The van der Waals surface area contributed by atoms with E-state index in [2.05, 4.69) is 21.2 Å². The van der Waals surface area contributed by atoms with Crippen LogP contribution in [-0.2, 0) is 4.79 Å². The number of anilines is 1. The summed E-state index contributed by atoms with van der Waals surface area (Å²) in [5.74, 6) is -1.72. The number of carboxylic acid groups (broad SMARTS) is 1. The third-order valence-corrected chi connectivity index (χ3v) is 3.05. The summed E-state index contributed by atoms with van der Waals surface area (Å²) in [5.41, 5.74) is -0.0106. The van der Waals surface area contributed by atoms with Crippen LogP contribution in [0.1, 0.15) is 13.8 Å². The summed E-state index contributed by atoms with van der Waals surface area (Å²) in [6.45, 7) is 2.91. The van der Waals surface area contributed by atoms with E-state index >= 15 is 0 Å². The zero-order valence-electron chi connectivity index (χ0n) is 10.5. The minimum absolute atomic E-state index is 0.0106. The number of aliphatic carboxylic acids is 1. The lowest BCUT2D eigenvalue weighted by Crippen LogP contribution is -2.43. The van der Waals surface area contributed by atoms with E-state index in [0.717, 1.165) is 4.90 Å². The Labute approximate surface area is 118 Å². The highest BCUT2D eigenvalue weighted by Gasteiger charge is 2.21. The van der Waals surface area contributed by atoms with Crippen molar-refractivity contribution in [1.29, 1.82) is 0 Å². The number of carbonyl (C=O) groups is 2. The number of benzene rings is 1. The third-order valence-electron chi connectivity index (χ3n) is 2.38. The first kappa shape index (κ1) is 15.4. The molecule has 0 saturated heterocycles. The molecule has 0 radical (unpaired) electrons. The minimum atomic E-state index is -1.13. The van der Waals surface area contributed by atoms with Crippen LogP contribution in [0.3, 0.4) is 0 Å². The van der Waals surface area contributed by atoms with Gasteiger partial charge in [0, 0.05) is 10.5 Å². The quantitative estimate of drug-likeness (QED) is 0.890. The highest BCUT2D eigenvalue weighted by atomic mass is 79.9. The normalized spacial score (nSPS) is 10.4. The van der Waals surface area contributed by atoms with Gasteiger partial charge in [0.15, 0.2) is 0 Å². The summed E-state index contributed by atoms with van der Waals surface area (Å²) in [6, 6.07) is 3.30. The van der Waals surface area contributed by atoms with Crippen LogP contribution >= 0.6 is 15.9 Å². The molecule has 0 unspecified atom stereocenters. The van der Waals surface area contributed by atoms with Crippen molar-refractivity contribution < 1.29 is 19.1 Å². The standard InChI is InChI=1S/C12H14BrFN2O3/c1-7(2)16(6-10(17)18)12(19)15-11-8(13)4-3-5-9(11)14/h3-5,7H,6H2,1-2H3,(H,15,19)(H,17,18). The van der Waals surface area contributed by atoms with Gasteiger partial charge in [0.2, 0.25) is 0 Å². The van der Waals surface area contributed by atoms with E-state index in [0.29, 0.717) is 4.47 Å². The van der Waals surface area contributed by atoms with Gasteiger partial charge in [-0.15, -0.1) is 0 Å². The fraction of sp³-hybridized carbons (Fsp3) is 0.333. The number of carbonyl (C=O) groups excluding carboxylic acids is 1. The molecule has 2 N–H and O–H groups in total. The Morgan fingerprint density at radius 3 is 2.58 bits per heavy atom. The average Bonchev–Trinajstić information content (AvgIpc) is 2.30. The van der Waals surface area contributed by atoms with Gasteiger partial charge in [0.25, 0.3) is 0 Å². The van der Waals surface area contributed by atoms with Gasteiger partial charge in [0.05, 0.1) is 5.69 Å². The fourth-order valence-electron chi connectivity index (χ4n) is 1.43. The van der Waals surface area contributed by atoms with Crippen molar-refractivity contribution in [3.05, 3.63) is 28.5 Å². The second-order valence-electron chi connectivity index (χ2n) is 4.14. The SMILES string of the molecule is CC(C)N(CC(=O)O)C(=O)Nc1c(F)cccc1Br. The maximum absolute atomic E-state index is 13.6. The van der Waals surface area contributed by atoms with E-state index in [1.807, 2.05) is 0 Å². The first-order valence-corrected chi connectivity index (χ1v) is 6.35. The molecule has 0 bridgehead atoms. The molecule has 104 valence electrons. The first-order valence-electron chi connectivity index (χ1n) is 5.56. The van der Waals surface area contributed by atoms with Crippen molar-refractivity contribution in [2.24, 2.45) is 0 Å². The molecule has 0 aliphatic rings. The first-order chi connectivity index (χ1) is 8.82. The number of para-hydroxylation sites is 1. The van der Waals surface area contributed by atoms with Crippen LogP contribution in [0.15, 0.2) is 22.7 Å². The van der Waals surface area contributed by atoms with E-state index in [1.54, 1.807) is 19.9 Å². The Bertz CT molecular complexity index is 474. The molecule has 0 atom stereocenters. The summed E-state index contributed by atoms with van der Waals surface area (Å²) in [7, 11) is 0. The number of urea groups is 1. The monoisotopic (exact) mass is 332 g/mol. The number of hydrogen-bond acceptors (Lipinski definition) is 2. The molecule has 7 heteroatoms. The van der Waals surface area contributed by atoms with Crippen molar-refractivity contribution in [2.45, 2.75) is 19.9 Å². The number of nitrogens with zero attached hydrogens (tertiary/aromatic N) is 1. The highest BCUT2D eigenvalue weighted by Crippen LogP contribution is 2.25. The van der Waals surface area contributed by atoms with Gasteiger partial charge in [-0.25, -0.2) is 9.18 Å². The molecule has 0 aliphatic carbocycles. The van der Waals surface area contributed by atoms with Crippen molar-refractivity contribution in [2.75, 3.05) is 11.9 Å². The summed E-state index contributed by atoms with van der Waals surface area (Å²) in [5, 5.41) is 11.1. The summed E-state index contributed by atoms with van der Waals surface area (Å²) < 4.78 is 13.9. The van der Waals surface area contributed by atoms with Gasteiger partial charge < -0.3 is 15.3 Å². The topological polar surface area (TPSA) is 69.6 Å². The van der Waals surface area contributed by atoms with Gasteiger partial charge in [-0.1, -0.05) is 6.07 Å². The van der Waals surface area contributed by atoms with Crippen LogP contribution in [0.25, 0.3) is 0 Å². The number of hydrogen-bond donors (Lipinski definition) is 2. The van der Waals surface area contributed by atoms with Crippen LogP contribution in [0.4, 0.5) is 14.9 Å². The lowest BCUT2D eigenvalue weighted by molar-refractivity contribution is -0.137. The van der Waals surface area contributed by atoms with Crippen LogP contribution in [0.2, 0.25) is 0 Å². The molecule has 5 nitrogen and oxygen atoms in total. The maximum Gasteiger partial charge on any atom is 0.323 e. The number of carboxylic acids is 1. The summed E-state index contributed by atoms with van der Waals surface area (Å²) in [4.78, 5) is 23.8. The molecule has 0 aliphatic heterocycles. The average molecular weight is 333 g/mol. The van der Waals surface area contributed by atoms with Gasteiger partial charge in [-0.3, -0.25) is 4.79 Å².